The molecule has 0 bridgehead atoms. The monoisotopic (exact) mass is 222 g/mol. The van der Waals surface area contributed by atoms with Crippen LogP contribution >= 0.6 is 11.6 Å². The van der Waals surface area contributed by atoms with Crippen LogP contribution < -0.4 is 0 Å². The lowest BCUT2D eigenvalue weighted by molar-refractivity contribution is 0.0989. The summed E-state index contributed by atoms with van der Waals surface area (Å²) in [6.07, 6.45) is 1.10. The van der Waals surface area contributed by atoms with Crippen molar-refractivity contribution in [3.8, 4) is 5.75 Å². The molecule has 0 unspecified atom stereocenters. The Labute approximate surface area is 91.0 Å². The van der Waals surface area contributed by atoms with Gasteiger partial charge in [0.1, 0.15) is 5.75 Å². The van der Waals surface area contributed by atoms with Crippen LogP contribution in [-0.2, 0) is 0 Å². The Balaban J connectivity index is 2.79. The number of hydrogen-bond donors (Lipinski definition) is 1. The first-order valence-corrected chi connectivity index (χ1v) is 4.69. The van der Waals surface area contributed by atoms with Crippen LogP contribution in [0.1, 0.15) is 26.3 Å². The summed E-state index contributed by atoms with van der Waals surface area (Å²) in [4.78, 5) is 23.2. The third-order valence-corrected chi connectivity index (χ3v) is 2.68. The topological polar surface area (TPSA) is 54.4 Å². The Kier molecular flexibility index (Phi) is 2.12. The second kappa shape index (κ2) is 3.21. The molecule has 76 valence electrons. The van der Waals surface area contributed by atoms with Gasteiger partial charge < -0.3 is 5.11 Å². The SMILES string of the molecule is Cc1c(O)ccc2c1C(=O)C(Cl)=CC2=O. The van der Waals surface area contributed by atoms with E-state index in [-0.39, 0.29) is 22.1 Å². The number of phenolic OH excluding ortho intramolecular Hbond substituents is 1. The number of hydrogen-bond acceptors (Lipinski definition) is 3. The first kappa shape index (κ1) is 9.93. The van der Waals surface area contributed by atoms with Crippen molar-refractivity contribution >= 4 is 23.2 Å². The van der Waals surface area contributed by atoms with E-state index in [9.17, 15) is 14.7 Å². The quantitative estimate of drug-likeness (QED) is 0.732. The highest BCUT2D eigenvalue weighted by Crippen LogP contribution is 2.30. The summed E-state index contributed by atoms with van der Waals surface area (Å²) in [5.74, 6) is -0.737. The minimum absolute atomic E-state index is 0.0127. The molecule has 1 aliphatic rings. The van der Waals surface area contributed by atoms with E-state index in [2.05, 4.69) is 0 Å². The maximum atomic E-state index is 11.7. The molecule has 0 saturated carbocycles. The third kappa shape index (κ3) is 1.36. The first-order valence-electron chi connectivity index (χ1n) is 4.31. The molecule has 0 saturated heterocycles. The molecule has 1 N–H and O–H groups in total. The minimum atomic E-state index is -0.417. The molecule has 15 heavy (non-hydrogen) atoms. The summed E-state index contributed by atoms with van der Waals surface area (Å²) < 4.78 is 0. The second-order valence-corrected chi connectivity index (χ2v) is 3.73. The molecule has 2 rings (SSSR count). The number of rotatable bonds is 0. The molecule has 1 aromatic rings. The number of Topliss-reactive ketones (excluding diaryl/α,β-unsaturated/α-hetero) is 1. The van der Waals surface area contributed by atoms with E-state index in [1.807, 2.05) is 0 Å². The molecule has 1 aromatic carbocycles. The van der Waals surface area contributed by atoms with Gasteiger partial charge in [-0.05, 0) is 19.1 Å². The fourth-order valence-corrected chi connectivity index (χ4v) is 1.77. The van der Waals surface area contributed by atoms with E-state index in [1.54, 1.807) is 6.92 Å². The van der Waals surface area contributed by atoms with Gasteiger partial charge in [-0.3, -0.25) is 9.59 Å². The van der Waals surface area contributed by atoms with Crippen LogP contribution in [0.25, 0.3) is 0 Å². The van der Waals surface area contributed by atoms with Crippen molar-refractivity contribution in [2.24, 2.45) is 0 Å². The zero-order chi connectivity index (χ0) is 11.2. The summed E-state index contributed by atoms with van der Waals surface area (Å²) in [7, 11) is 0. The molecule has 0 aliphatic heterocycles. The van der Waals surface area contributed by atoms with Gasteiger partial charge in [0.05, 0.1) is 5.03 Å². The van der Waals surface area contributed by atoms with Crippen molar-refractivity contribution in [3.63, 3.8) is 0 Å². The van der Waals surface area contributed by atoms with Gasteiger partial charge in [0, 0.05) is 22.8 Å². The van der Waals surface area contributed by atoms with Crippen molar-refractivity contribution in [2.45, 2.75) is 6.92 Å². The molecule has 4 heteroatoms. The molecule has 0 radical (unpaired) electrons. The highest BCUT2D eigenvalue weighted by atomic mass is 35.5. The third-order valence-electron chi connectivity index (χ3n) is 2.40. The summed E-state index contributed by atoms with van der Waals surface area (Å²) in [6, 6.07) is 2.82. The summed E-state index contributed by atoms with van der Waals surface area (Å²) >= 11 is 5.62. The predicted molar refractivity (Wildman–Crippen MR) is 55.4 cm³/mol. The van der Waals surface area contributed by atoms with Gasteiger partial charge in [-0.2, -0.15) is 0 Å². The second-order valence-electron chi connectivity index (χ2n) is 3.32. The van der Waals surface area contributed by atoms with Crippen LogP contribution in [-0.4, -0.2) is 16.7 Å². The number of carbonyl (C=O) groups excluding carboxylic acids is 2. The molecule has 0 spiro atoms. The van der Waals surface area contributed by atoms with Crippen LogP contribution in [0.15, 0.2) is 23.2 Å². The van der Waals surface area contributed by atoms with Gasteiger partial charge in [-0.25, -0.2) is 0 Å². The lowest BCUT2D eigenvalue weighted by Crippen LogP contribution is -2.16. The summed E-state index contributed by atoms with van der Waals surface area (Å²) in [5.41, 5.74) is 0.879. The predicted octanol–water partition coefficient (Wildman–Crippen LogP) is 2.20. The van der Waals surface area contributed by atoms with Crippen molar-refractivity contribution in [1.82, 2.24) is 0 Å². The van der Waals surface area contributed by atoms with E-state index >= 15 is 0 Å². The summed E-state index contributed by atoms with van der Waals surface area (Å²) in [5, 5.41) is 9.33. The van der Waals surface area contributed by atoms with Crippen LogP contribution in [0.4, 0.5) is 0 Å². The number of carbonyl (C=O) groups is 2. The van der Waals surface area contributed by atoms with E-state index in [4.69, 9.17) is 11.6 Å². The molecule has 0 fully saturated rings. The Hall–Kier alpha value is -1.61. The fraction of sp³-hybridized carbons (Fsp3) is 0.0909. The van der Waals surface area contributed by atoms with Gasteiger partial charge in [-0.1, -0.05) is 11.6 Å². The van der Waals surface area contributed by atoms with Crippen molar-refractivity contribution in [1.29, 1.82) is 0 Å². The van der Waals surface area contributed by atoms with Crippen LogP contribution in [0.2, 0.25) is 0 Å². The smallest absolute Gasteiger partial charge is 0.205 e. The lowest BCUT2D eigenvalue weighted by Gasteiger charge is -2.14. The Morgan fingerprint density at radius 2 is 1.93 bits per heavy atom. The number of aromatic hydroxyl groups is 1. The van der Waals surface area contributed by atoms with Crippen molar-refractivity contribution in [2.75, 3.05) is 0 Å². The number of fused-ring (bicyclic) bond motifs is 1. The van der Waals surface area contributed by atoms with Crippen molar-refractivity contribution < 1.29 is 14.7 Å². The first-order chi connectivity index (χ1) is 7.02. The fourth-order valence-electron chi connectivity index (χ4n) is 1.58. The minimum Gasteiger partial charge on any atom is -0.508 e. The number of benzene rings is 1. The maximum absolute atomic E-state index is 11.7. The highest BCUT2D eigenvalue weighted by Gasteiger charge is 2.27. The Bertz CT molecular complexity index is 515. The van der Waals surface area contributed by atoms with E-state index in [0.717, 1.165) is 6.08 Å². The van der Waals surface area contributed by atoms with Gasteiger partial charge in [0.2, 0.25) is 5.78 Å². The Morgan fingerprint density at radius 1 is 1.27 bits per heavy atom. The molecular formula is C11H7ClO3. The van der Waals surface area contributed by atoms with E-state index in [0.29, 0.717) is 11.1 Å². The van der Waals surface area contributed by atoms with E-state index < -0.39 is 5.78 Å². The normalized spacial score (nSPS) is 14.9. The standard InChI is InChI=1S/C11H7ClO3/c1-5-8(13)3-2-6-9(14)4-7(12)11(15)10(5)6/h2-4,13H,1H3. The average Bonchev–Trinajstić information content (AvgIpc) is 2.19. The van der Waals surface area contributed by atoms with Crippen molar-refractivity contribution in [3.05, 3.63) is 39.9 Å². The molecule has 0 amide bonds. The van der Waals surface area contributed by atoms with Gasteiger partial charge in [0.25, 0.3) is 0 Å². The van der Waals surface area contributed by atoms with Crippen LogP contribution in [0.5, 0.6) is 5.75 Å². The number of allylic oxidation sites excluding steroid dienone is 2. The molecule has 1 aliphatic carbocycles. The maximum Gasteiger partial charge on any atom is 0.205 e. The van der Waals surface area contributed by atoms with Gasteiger partial charge >= 0.3 is 0 Å². The van der Waals surface area contributed by atoms with Crippen LogP contribution in [0, 0.1) is 6.92 Å². The van der Waals surface area contributed by atoms with Gasteiger partial charge in [-0.15, -0.1) is 0 Å². The zero-order valence-electron chi connectivity index (χ0n) is 7.87. The van der Waals surface area contributed by atoms with Crippen LogP contribution in [0.3, 0.4) is 0 Å². The van der Waals surface area contributed by atoms with E-state index in [1.165, 1.54) is 12.1 Å². The highest BCUT2D eigenvalue weighted by molar-refractivity contribution is 6.49. The molecule has 0 aromatic heterocycles. The average molecular weight is 223 g/mol. The Morgan fingerprint density at radius 3 is 2.60 bits per heavy atom. The molecular weight excluding hydrogens is 216 g/mol. The molecule has 0 heterocycles. The number of phenols is 1. The van der Waals surface area contributed by atoms with Gasteiger partial charge in [0.15, 0.2) is 5.78 Å². The largest absolute Gasteiger partial charge is 0.508 e. The zero-order valence-corrected chi connectivity index (χ0v) is 8.63. The molecule has 3 nitrogen and oxygen atoms in total. The lowest BCUT2D eigenvalue weighted by atomic mass is 9.90. The molecule has 0 atom stereocenters. The number of ketones is 2. The summed E-state index contributed by atoms with van der Waals surface area (Å²) in [6.45, 7) is 1.58. The number of halogens is 1.